The van der Waals surface area contributed by atoms with Crippen molar-refractivity contribution in [1.82, 2.24) is 4.57 Å². The van der Waals surface area contributed by atoms with E-state index in [0.29, 0.717) is 17.0 Å². The molecule has 0 aliphatic carbocycles. The summed E-state index contributed by atoms with van der Waals surface area (Å²) in [6.07, 6.45) is 1.44. The molecule has 0 spiro atoms. The zero-order valence-electron chi connectivity index (χ0n) is 10.7. The van der Waals surface area contributed by atoms with Crippen molar-refractivity contribution in [2.45, 2.75) is 6.54 Å². The molecular formula is C13H10N2O6. The molecular weight excluding hydrogens is 280 g/mol. The third-order valence-corrected chi connectivity index (χ3v) is 3.20. The number of fused-ring (bicyclic) bond motifs is 2. The standard InChI is InChI=1S/C13H10N2O6/c1-2-3-14-8-5-10-9(20-6-21-10)4-7(8)12(16)11(13(14)17)15(18)19/h2,4-5,16H,1,3,6H2. The zero-order chi connectivity index (χ0) is 15.1. The minimum absolute atomic E-state index is 0.0141. The lowest BCUT2D eigenvalue weighted by molar-refractivity contribution is -0.387. The molecule has 0 fully saturated rings. The lowest BCUT2D eigenvalue weighted by Crippen LogP contribution is -2.22. The number of allylic oxidation sites excluding steroid dienone is 1. The van der Waals surface area contributed by atoms with Gasteiger partial charge in [0.25, 0.3) is 0 Å². The fourth-order valence-corrected chi connectivity index (χ4v) is 2.29. The van der Waals surface area contributed by atoms with Gasteiger partial charge in [0, 0.05) is 12.6 Å². The topological polar surface area (TPSA) is 104 Å². The van der Waals surface area contributed by atoms with Crippen LogP contribution in [0.4, 0.5) is 5.69 Å². The second-order valence-electron chi connectivity index (χ2n) is 4.38. The molecule has 0 saturated carbocycles. The van der Waals surface area contributed by atoms with Crippen molar-refractivity contribution in [3.63, 3.8) is 0 Å². The quantitative estimate of drug-likeness (QED) is 0.522. The minimum Gasteiger partial charge on any atom is -0.501 e. The molecule has 1 N–H and O–H groups in total. The molecule has 0 bridgehead atoms. The van der Waals surface area contributed by atoms with Crippen molar-refractivity contribution in [1.29, 1.82) is 0 Å². The van der Waals surface area contributed by atoms with E-state index in [4.69, 9.17) is 9.47 Å². The summed E-state index contributed by atoms with van der Waals surface area (Å²) in [5, 5.41) is 21.2. The molecule has 0 amide bonds. The van der Waals surface area contributed by atoms with Gasteiger partial charge in [-0.05, 0) is 6.07 Å². The van der Waals surface area contributed by atoms with E-state index in [1.807, 2.05) is 0 Å². The van der Waals surface area contributed by atoms with Crippen LogP contribution in [0.2, 0.25) is 0 Å². The predicted octanol–water partition coefficient (Wildman–Crippen LogP) is 1.53. The molecule has 21 heavy (non-hydrogen) atoms. The van der Waals surface area contributed by atoms with Crippen LogP contribution in [0.25, 0.3) is 10.9 Å². The largest absolute Gasteiger partial charge is 0.501 e. The molecule has 1 aromatic heterocycles. The van der Waals surface area contributed by atoms with Gasteiger partial charge in [0.2, 0.25) is 12.5 Å². The molecule has 8 heteroatoms. The fourth-order valence-electron chi connectivity index (χ4n) is 2.29. The van der Waals surface area contributed by atoms with Gasteiger partial charge in [-0.15, -0.1) is 6.58 Å². The van der Waals surface area contributed by atoms with Crippen LogP contribution in [0.1, 0.15) is 0 Å². The average molecular weight is 290 g/mol. The molecule has 2 aromatic rings. The maximum Gasteiger partial charge on any atom is 0.375 e. The Morgan fingerprint density at radius 3 is 2.71 bits per heavy atom. The Bertz CT molecular complexity index is 839. The molecule has 1 aromatic carbocycles. The van der Waals surface area contributed by atoms with E-state index in [0.717, 1.165) is 4.57 Å². The normalized spacial score (nSPS) is 12.6. The van der Waals surface area contributed by atoms with Gasteiger partial charge < -0.3 is 14.6 Å². The summed E-state index contributed by atoms with van der Waals surface area (Å²) < 4.78 is 11.6. The number of ether oxygens (including phenoxy) is 2. The summed E-state index contributed by atoms with van der Waals surface area (Å²) >= 11 is 0. The van der Waals surface area contributed by atoms with Crippen LogP contribution in [0.15, 0.2) is 29.6 Å². The van der Waals surface area contributed by atoms with E-state index in [2.05, 4.69) is 6.58 Å². The number of hydrogen-bond donors (Lipinski definition) is 1. The number of benzene rings is 1. The number of aromatic hydroxyl groups is 1. The number of aromatic nitrogens is 1. The average Bonchev–Trinajstić information content (AvgIpc) is 2.89. The van der Waals surface area contributed by atoms with Gasteiger partial charge >= 0.3 is 11.2 Å². The monoisotopic (exact) mass is 290 g/mol. The highest BCUT2D eigenvalue weighted by molar-refractivity contribution is 5.91. The maximum atomic E-state index is 12.2. The highest BCUT2D eigenvalue weighted by atomic mass is 16.7. The number of hydrogen-bond acceptors (Lipinski definition) is 6. The van der Waals surface area contributed by atoms with Gasteiger partial charge in [-0.2, -0.15) is 0 Å². The first-order valence-electron chi connectivity index (χ1n) is 5.99. The first-order valence-corrected chi connectivity index (χ1v) is 5.99. The molecule has 108 valence electrons. The van der Waals surface area contributed by atoms with E-state index in [1.54, 1.807) is 0 Å². The Morgan fingerprint density at radius 2 is 2.10 bits per heavy atom. The predicted molar refractivity (Wildman–Crippen MR) is 72.8 cm³/mol. The van der Waals surface area contributed by atoms with Crippen molar-refractivity contribution in [2.24, 2.45) is 0 Å². The lowest BCUT2D eigenvalue weighted by atomic mass is 10.1. The molecule has 8 nitrogen and oxygen atoms in total. The van der Waals surface area contributed by atoms with Gasteiger partial charge in [0.05, 0.1) is 15.8 Å². The van der Waals surface area contributed by atoms with Crippen molar-refractivity contribution in [2.75, 3.05) is 6.79 Å². The van der Waals surface area contributed by atoms with Crippen LogP contribution in [0.5, 0.6) is 17.2 Å². The maximum absolute atomic E-state index is 12.2. The third-order valence-electron chi connectivity index (χ3n) is 3.20. The number of pyridine rings is 1. The number of rotatable bonds is 3. The van der Waals surface area contributed by atoms with Crippen LogP contribution in [0.3, 0.4) is 0 Å². The zero-order valence-corrected chi connectivity index (χ0v) is 10.7. The first-order chi connectivity index (χ1) is 10.0. The van der Waals surface area contributed by atoms with Crippen molar-refractivity contribution < 1.29 is 19.5 Å². The Morgan fingerprint density at radius 1 is 1.43 bits per heavy atom. The van der Waals surface area contributed by atoms with E-state index in [9.17, 15) is 20.0 Å². The summed E-state index contributed by atoms with van der Waals surface area (Å²) in [6.45, 7) is 3.60. The van der Waals surface area contributed by atoms with Gasteiger partial charge in [-0.1, -0.05) is 6.08 Å². The highest BCUT2D eigenvalue weighted by Gasteiger charge is 2.27. The minimum atomic E-state index is -0.902. The van der Waals surface area contributed by atoms with Crippen LogP contribution < -0.4 is 15.0 Å². The van der Waals surface area contributed by atoms with Crippen molar-refractivity contribution in [3.05, 3.63) is 45.3 Å². The third kappa shape index (κ3) is 1.80. The summed E-state index contributed by atoms with van der Waals surface area (Å²) in [4.78, 5) is 22.3. The molecule has 0 radical (unpaired) electrons. The van der Waals surface area contributed by atoms with Crippen LogP contribution >= 0.6 is 0 Å². The first kappa shape index (κ1) is 13.0. The fraction of sp³-hybridized carbons (Fsp3) is 0.154. The number of nitrogens with zero attached hydrogens (tertiary/aromatic N) is 2. The Hall–Kier alpha value is -3.03. The Kier molecular flexibility index (Phi) is 2.79. The summed E-state index contributed by atoms with van der Waals surface area (Å²) in [5.41, 5.74) is -1.46. The van der Waals surface area contributed by atoms with Crippen molar-refractivity contribution >= 4 is 16.6 Å². The molecule has 0 unspecified atom stereocenters. The highest BCUT2D eigenvalue weighted by Crippen LogP contribution is 2.40. The SMILES string of the molecule is C=CCn1c(=O)c([N+](=O)[O-])c(O)c2cc3c(cc21)OCO3. The van der Waals surface area contributed by atoms with Gasteiger partial charge in [0.15, 0.2) is 11.5 Å². The van der Waals surface area contributed by atoms with Gasteiger partial charge in [-0.3, -0.25) is 19.5 Å². The Balaban J connectivity index is 2.48. The second-order valence-corrected chi connectivity index (χ2v) is 4.38. The smallest absolute Gasteiger partial charge is 0.375 e. The molecule has 1 aliphatic heterocycles. The van der Waals surface area contributed by atoms with E-state index < -0.39 is 21.9 Å². The van der Waals surface area contributed by atoms with E-state index in [-0.39, 0.29) is 18.7 Å². The molecule has 1 aliphatic rings. The van der Waals surface area contributed by atoms with Crippen LogP contribution in [-0.4, -0.2) is 21.4 Å². The van der Waals surface area contributed by atoms with Gasteiger partial charge in [-0.25, -0.2) is 0 Å². The molecule has 2 heterocycles. The summed E-state index contributed by atoms with van der Waals surface area (Å²) in [6, 6.07) is 2.92. The second kappa shape index (κ2) is 4.51. The van der Waals surface area contributed by atoms with Crippen LogP contribution in [0, 0.1) is 10.1 Å². The van der Waals surface area contributed by atoms with E-state index >= 15 is 0 Å². The van der Waals surface area contributed by atoms with E-state index in [1.165, 1.54) is 18.2 Å². The lowest BCUT2D eigenvalue weighted by Gasteiger charge is -2.10. The molecule has 0 saturated heterocycles. The number of nitro groups is 1. The molecule has 3 rings (SSSR count). The molecule has 0 atom stereocenters. The Labute approximate surface area is 117 Å². The van der Waals surface area contributed by atoms with Gasteiger partial charge in [0.1, 0.15) is 0 Å². The summed E-state index contributed by atoms with van der Waals surface area (Å²) in [5.74, 6) is 0.0856. The van der Waals surface area contributed by atoms with Crippen LogP contribution in [-0.2, 0) is 6.54 Å². The summed E-state index contributed by atoms with van der Waals surface area (Å²) in [7, 11) is 0. The van der Waals surface area contributed by atoms with Crippen molar-refractivity contribution in [3.8, 4) is 17.2 Å².